The zero-order chi connectivity index (χ0) is 26.9. The summed E-state index contributed by atoms with van der Waals surface area (Å²) in [5.41, 5.74) is 1.47. The summed E-state index contributed by atoms with van der Waals surface area (Å²) < 4.78 is 6.29. The van der Waals surface area contributed by atoms with Gasteiger partial charge in [0.1, 0.15) is 11.8 Å². The summed E-state index contributed by atoms with van der Waals surface area (Å²) in [7, 11) is 1.49. The number of rotatable bonds is 4. The summed E-state index contributed by atoms with van der Waals surface area (Å²) in [4.78, 5) is 43.4. The number of methoxy groups -OCH3 is 1. The Labute approximate surface area is 245 Å². The lowest BCUT2D eigenvalue weighted by atomic mass is 9.85. The molecule has 0 radical (unpaired) electrons. The lowest BCUT2D eigenvalue weighted by molar-refractivity contribution is -0.130. The van der Waals surface area contributed by atoms with Crippen molar-refractivity contribution in [1.82, 2.24) is 4.90 Å². The number of imide groups is 1. The first-order valence-electron chi connectivity index (χ1n) is 10.7. The van der Waals surface area contributed by atoms with Crippen LogP contribution in [0, 0.1) is 6.92 Å². The van der Waals surface area contributed by atoms with E-state index in [9.17, 15) is 14.4 Å². The molecule has 2 aliphatic rings. The van der Waals surface area contributed by atoms with Gasteiger partial charge in [0.15, 0.2) is 0 Å². The number of hydrogen-bond donors (Lipinski definition) is 0. The predicted molar refractivity (Wildman–Crippen MR) is 148 cm³/mol. The van der Waals surface area contributed by atoms with Gasteiger partial charge in [-0.3, -0.25) is 24.2 Å². The van der Waals surface area contributed by atoms with Gasteiger partial charge in [-0.25, -0.2) is 0 Å². The molecule has 190 valence electrons. The fourth-order valence-corrected chi connectivity index (χ4v) is 6.37. The molecule has 1 fully saturated rings. The van der Waals surface area contributed by atoms with Crippen molar-refractivity contribution in [2.45, 2.75) is 19.0 Å². The third-order valence-electron chi connectivity index (χ3n) is 6.41. The number of halogens is 6. The van der Waals surface area contributed by atoms with E-state index >= 15 is 0 Å². The summed E-state index contributed by atoms with van der Waals surface area (Å²) in [5, 5.41) is -0.223. The number of nitrogens with zero attached hydrogens (tertiary/aromatic N) is 2. The Kier molecular flexibility index (Phi) is 6.92. The lowest BCUT2D eigenvalue weighted by Gasteiger charge is -2.50. The van der Waals surface area contributed by atoms with E-state index in [0.29, 0.717) is 26.5 Å². The standard InChI is InChI=1S/C25H14BrCl5N2O4/c1-9-7-11(27)4-5-13(9)32-21(12-8-10(26)3-6-14(12)37-2)22(25(32)36)33-23(34)15-16(24(33)35)18(29)20(31)19(30)17(15)28/h3-8,21-22H,1-2H3. The molecule has 3 amide bonds. The molecular formula is C25H14BrCl5N2O4. The van der Waals surface area contributed by atoms with Crippen LogP contribution in [0.25, 0.3) is 0 Å². The Morgan fingerprint density at radius 1 is 0.784 bits per heavy atom. The molecule has 5 rings (SSSR count). The van der Waals surface area contributed by atoms with Gasteiger partial charge in [0.05, 0.1) is 44.4 Å². The minimum atomic E-state index is -1.23. The maximum absolute atomic E-state index is 13.8. The average Bonchev–Trinajstić information content (AvgIpc) is 3.11. The molecule has 0 spiro atoms. The number of benzene rings is 3. The Hall–Kier alpha value is -2.00. The van der Waals surface area contributed by atoms with E-state index in [4.69, 9.17) is 62.7 Å². The smallest absolute Gasteiger partial charge is 0.264 e. The summed E-state index contributed by atoms with van der Waals surface area (Å²) in [6, 6.07) is 8.33. The quantitative estimate of drug-likeness (QED) is 0.124. The molecule has 2 aliphatic heterocycles. The van der Waals surface area contributed by atoms with Crippen molar-refractivity contribution in [3.63, 3.8) is 0 Å². The van der Waals surface area contributed by atoms with Crippen LogP contribution in [0.2, 0.25) is 25.1 Å². The summed E-state index contributed by atoms with van der Waals surface area (Å²) in [6.07, 6.45) is 0. The van der Waals surface area contributed by atoms with Crippen LogP contribution in [0.4, 0.5) is 5.69 Å². The molecule has 3 aromatic carbocycles. The molecule has 0 saturated carbocycles. The van der Waals surface area contributed by atoms with E-state index in [0.717, 1.165) is 10.5 Å². The number of carbonyl (C=O) groups is 3. The summed E-state index contributed by atoms with van der Waals surface area (Å²) in [5.74, 6) is -1.62. The molecule has 2 unspecified atom stereocenters. The van der Waals surface area contributed by atoms with Gasteiger partial charge in [-0.2, -0.15) is 0 Å². The fourth-order valence-electron chi connectivity index (χ4n) is 4.75. The molecule has 37 heavy (non-hydrogen) atoms. The van der Waals surface area contributed by atoms with E-state index in [2.05, 4.69) is 15.9 Å². The van der Waals surface area contributed by atoms with E-state index in [1.165, 1.54) is 12.0 Å². The normalized spacial score (nSPS) is 18.9. The van der Waals surface area contributed by atoms with Crippen LogP contribution in [0.5, 0.6) is 5.75 Å². The van der Waals surface area contributed by atoms with Crippen molar-refractivity contribution < 1.29 is 19.1 Å². The van der Waals surface area contributed by atoms with Crippen LogP contribution >= 0.6 is 73.9 Å². The maximum Gasteiger partial charge on any atom is 0.264 e. The topological polar surface area (TPSA) is 66.9 Å². The fraction of sp³-hybridized carbons (Fsp3) is 0.160. The molecule has 2 atom stereocenters. The zero-order valence-electron chi connectivity index (χ0n) is 18.9. The van der Waals surface area contributed by atoms with Crippen LogP contribution in [-0.2, 0) is 4.79 Å². The van der Waals surface area contributed by atoms with Crippen LogP contribution in [0.15, 0.2) is 40.9 Å². The van der Waals surface area contributed by atoms with Gasteiger partial charge in [0.25, 0.3) is 17.7 Å². The van der Waals surface area contributed by atoms with Gasteiger partial charge in [0, 0.05) is 20.7 Å². The van der Waals surface area contributed by atoms with Crippen molar-refractivity contribution in [3.8, 4) is 5.75 Å². The second-order valence-corrected chi connectivity index (χ2v) is 11.3. The van der Waals surface area contributed by atoms with Crippen LogP contribution in [-0.4, -0.2) is 35.8 Å². The monoisotopic (exact) mass is 660 g/mol. The first-order chi connectivity index (χ1) is 17.5. The molecule has 3 aromatic rings. The minimum absolute atomic E-state index is 0.154. The first kappa shape index (κ1) is 26.6. The highest BCUT2D eigenvalue weighted by Gasteiger charge is 2.59. The molecule has 6 nitrogen and oxygen atoms in total. The van der Waals surface area contributed by atoms with E-state index in [1.54, 1.807) is 36.4 Å². The molecule has 12 heteroatoms. The average molecular weight is 664 g/mol. The molecule has 0 N–H and O–H groups in total. The van der Waals surface area contributed by atoms with Crippen molar-refractivity contribution in [2.24, 2.45) is 0 Å². The number of anilines is 1. The molecule has 0 bridgehead atoms. The van der Waals surface area contributed by atoms with Crippen molar-refractivity contribution in [1.29, 1.82) is 0 Å². The van der Waals surface area contributed by atoms with Crippen LogP contribution in [0.1, 0.15) is 37.9 Å². The first-order valence-corrected chi connectivity index (χ1v) is 13.3. The lowest BCUT2D eigenvalue weighted by Crippen LogP contribution is -2.67. The number of amides is 3. The Bertz CT molecular complexity index is 1500. The van der Waals surface area contributed by atoms with Crippen molar-refractivity contribution in [3.05, 3.63) is 88.2 Å². The molecule has 0 aliphatic carbocycles. The van der Waals surface area contributed by atoms with Gasteiger partial charge in [0.2, 0.25) is 0 Å². The third kappa shape index (κ3) is 3.94. The zero-order valence-corrected chi connectivity index (χ0v) is 24.3. The SMILES string of the molecule is COc1ccc(Br)cc1C1C(N2C(=O)c3c(Cl)c(Cl)c(Cl)c(Cl)c3C2=O)C(=O)N1c1ccc(Cl)cc1C. The van der Waals surface area contributed by atoms with E-state index in [1.807, 2.05) is 6.92 Å². The summed E-state index contributed by atoms with van der Waals surface area (Å²) >= 11 is 34.6. The summed E-state index contributed by atoms with van der Waals surface area (Å²) in [6.45, 7) is 1.81. The second kappa shape index (κ2) is 9.63. The van der Waals surface area contributed by atoms with E-state index < -0.39 is 29.8 Å². The Morgan fingerprint density at radius 2 is 1.38 bits per heavy atom. The molecular weight excluding hydrogens is 649 g/mol. The predicted octanol–water partition coefficient (Wildman–Crippen LogP) is 7.79. The Balaban J connectivity index is 1.69. The highest BCUT2D eigenvalue weighted by molar-refractivity contribution is 9.10. The number of aryl methyl sites for hydroxylation is 1. The maximum atomic E-state index is 13.8. The van der Waals surface area contributed by atoms with Crippen LogP contribution in [0.3, 0.4) is 0 Å². The molecule has 1 saturated heterocycles. The number of fused-ring (bicyclic) bond motifs is 1. The third-order valence-corrected chi connectivity index (χ3v) is 8.94. The minimum Gasteiger partial charge on any atom is -0.496 e. The largest absolute Gasteiger partial charge is 0.496 e. The van der Waals surface area contributed by atoms with Gasteiger partial charge < -0.3 is 4.74 Å². The Morgan fingerprint density at radius 3 is 1.92 bits per heavy atom. The molecule has 2 heterocycles. The highest BCUT2D eigenvalue weighted by Crippen LogP contribution is 2.51. The molecule has 0 aromatic heterocycles. The second-order valence-electron chi connectivity index (χ2n) is 8.40. The number of hydrogen-bond acceptors (Lipinski definition) is 4. The highest BCUT2D eigenvalue weighted by atomic mass is 79.9. The van der Waals surface area contributed by atoms with Crippen molar-refractivity contribution >= 4 is 97.3 Å². The van der Waals surface area contributed by atoms with E-state index in [-0.39, 0.29) is 31.2 Å². The number of β-lactam (4-membered cyclic amide) rings is 1. The van der Waals surface area contributed by atoms with Gasteiger partial charge >= 0.3 is 0 Å². The number of ether oxygens (including phenoxy) is 1. The van der Waals surface area contributed by atoms with Gasteiger partial charge in [-0.15, -0.1) is 0 Å². The van der Waals surface area contributed by atoms with Gasteiger partial charge in [-0.05, 0) is 48.9 Å². The van der Waals surface area contributed by atoms with Crippen LogP contribution < -0.4 is 9.64 Å². The van der Waals surface area contributed by atoms with Gasteiger partial charge in [-0.1, -0.05) is 73.9 Å². The van der Waals surface area contributed by atoms with Crippen molar-refractivity contribution in [2.75, 3.05) is 12.0 Å². The number of carbonyl (C=O) groups excluding carboxylic acids is 3.